The molecule has 0 saturated carbocycles. The summed E-state index contributed by atoms with van der Waals surface area (Å²) in [4.78, 5) is 5.16. The number of nitrogens with zero attached hydrogens (tertiary/aromatic N) is 2. The van der Waals surface area contributed by atoms with Gasteiger partial charge in [0.15, 0.2) is 0 Å². The molecule has 1 spiro atoms. The Kier molecular flexibility index (Phi) is 3.44. The minimum Gasteiger partial charge on any atom is -0.468 e. The van der Waals surface area contributed by atoms with Crippen LogP contribution in [-0.4, -0.2) is 42.0 Å². The molecule has 0 unspecified atom stereocenters. The van der Waals surface area contributed by atoms with E-state index < -0.39 is 0 Å². The molecule has 2 fully saturated rings. The molecule has 3 heterocycles. The Morgan fingerprint density at radius 3 is 2.67 bits per heavy atom. The third kappa shape index (κ3) is 2.34. The Morgan fingerprint density at radius 2 is 2.00 bits per heavy atom. The largest absolute Gasteiger partial charge is 0.468 e. The lowest BCUT2D eigenvalue weighted by atomic mass is 9.79. The second-order valence-corrected chi connectivity index (χ2v) is 5.96. The van der Waals surface area contributed by atoms with Crippen LogP contribution in [0.25, 0.3) is 0 Å². The van der Waals surface area contributed by atoms with Crippen LogP contribution in [0.4, 0.5) is 0 Å². The lowest BCUT2D eigenvalue weighted by Crippen LogP contribution is -2.55. The third-order valence-electron chi connectivity index (χ3n) is 4.94. The third-order valence-corrected chi connectivity index (χ3v) is 4.94. The van der Waals surface area contributed by atoms with Gasteiger partial charge in [-0.2, -0.15) is 0 Å². The van der Waals surface area contributed by atoms with Crippen LogP contribution in [0.2, 0.25) is 0 Å². The zero-order valence-electron chi connectivity index (χ0n) is 11.4. The van der Waals surface area contributed by atoms with Crippen LogP contribution in [0.15, 0.2) is 22.8 Å². The molecule has 2 aliphatic heterocycles. The van der Waals surface area contributed by atoms with Crippen LogP contribution in [0.1, 0.15) is 37.9 Å². The van der Waals surface area contributed by atoms with Gasteiger partial charge in [0.05, 0.1) is 12.8 Å². The molecule has 2 saturated heterocycles. The molecule has 0 bridgehead atoms. The summed E-state index contributed by atoms with van der Waals surface area (Å²) in [6.45, 7) is 4.70. The zero-order valence-corrected chi connectivity index (χ0v) is 11.4. The number of hydrogen-bond donors (Lipinski definition) is 0. The fourth-order valence-electron chi connectivity index (χ4n) is 3.61. The summed E-state index contributed by atoms with van der Waals surface area (Å²) in [7, 11) is 2.32. The highest BCUT2D eigenvalue weighted by molar-refractivity contribution is 5.00. The number of piperidine rings is 2. The first-order valence-electron chi connectivity index (χ1n) is 7.25. The lowest BCUT2D eigenvalue weighted by Gasteiger charge is -2.50. The van der Waals surface area contributed by atoms with Crippen LogP contribution in [0, 0.1) is 0 Å². The number of likely N-dealkylation sites (tertiary alicyclic amines) is 2. The molecule has 0 atom stereocenters. The van der Waals surface area contributed by atoms with Crippen LogP contribution in [-0.2, 0) is 6.54 Å². The predicted octanol–water partition coefficient (Wildman–Crippen LogP) is 2.73. The molecule has 0 amide bonds. The highest BCUT2D eigenvalue weighted by atomic mass is 16.3. The van der Waals surface area contributed by atoms with E-state index >= 15 is 0 Å². The first-order chi connectivity index (χ1) is 8.78. The van der Waals surface area contributed by atoms with Gasteiger partial charge in [0.1, 0.15) is 5.76 Å². The Balaban J connectivity index is 1.57. The van der Waals surface area contributed by atoms with Gasteiger partial charge in [0.2, 0.25) is 0 Å². The van der Waals surface area contributed by atoms with Gasteiger partial charge >= 0.3 is 0 Å². The minimum absolute atomic E-state index is 0.512. The van der Waals surface area contributed by atoms with E-state index in [1.54, 1.807) is 6.26 Å². The predicted molar refractivity (Wildman–Crippen MR) is 72.4 cm³/mol. The Hall–Kier alpha value is -0.800. The second-order valence-electron chi connectivity index (χ2n) is 5.96. The fourth-order valence-corrected chi connectivity index (χ4v) is 3.61. The molecule has 2 aliphatic rings. The smallest absolute Gasteiger partial charge is 0.117 e. The maximum absolute atomic E-state index is 5.44. The fraction of sp³-hybridized carbons (Fsp3) is 0.733. The van der Waals surface area contributed by atoms with Gasteiger partial charge in [-0.1, -0.05) is 6.42 Å². The maximum Gasteiger partial charge on any atom is 0.117 e. The summed E-state index contributed by atoms with van der Waals surface area (Å²) in [6.07, 6.45) is 8.62. The highest BCUT2D eigenvalue weighted by Crippen LogP contribution is 2.36. The van der Waals surface area contributed by atoms with Crippen LogP contribution in [0.3, 0.4) is 0 Å². The molecule has 1 aromatic rings. The SMILES string of the molecule is CN1CCCCC12CCN(Cc1ccco1)CC2. The summed E-state index contributed by atoms with van der Waals surface area (Å²) < 4.78 is 5.44. The summed E-state index contributed by atoms with van der Waals surface area (Å²) in [5.41, 5.74) is 0.512. The van der Waals surface area contributed by atoms with Gasteiger partial charge in [0.25, 0.3) is 0 Å². The van der Waals surface area contributed by atoms with Gasteiger partial charge in [0, 0.05) is 18.6 Å². The Labute approximate surface area is 110 Å². The van der Waals surface area contributed by atoms with Crippen molar-refractivity contribution >= 4 is 0 Å². The van der Waals surface area contributed by atoms with E-state index in [1.165, 1.54) is 51.7 Å². The first-order valence-corrected chi connectivity index (χ1v) is 7.25. The van der Waals surface area contributed by atoms with Crippen molar-refractivity contribution in [2.75, 3.05) is 26.7 Å². The maximum atomic E-state index is 5.44. The molecule has 0 aliphatic carbocycles. The van der Waals surface area contributed by atoms with Crippen molar-refractivity contribution in [3.05, 3.63) is 24.2 Å². The van der Waals surface area contributed by atoms with Gasteiger partial charge in [-0.25, -0.2) is 0 Å². The summed E-state index contributed by atoms with van der Waals surface area (Å²) >= 11 is 0. The molecule has 0 N–H and O–H groups in total. The van der Waals surface area contributed by atoms with E-state index in [-0.39, 0.29) is 0 Å². The van der Waals surface area contributed by atoms with E-state index in [2.05, 4.69) is 22.9 Å². The van der Waals surface area contributed by atoms with E-state index in [9.17, 15) is 0 Å². The van der Waals surface area contributed by atoms with E-state index in [0.29, 0.717) is 5.54 Å². The highest BCUT2D eigenvalue weighted by Gasteiger charge is 2.39. The molecular weight excluding hydrogens is 224 g/mol. The average molecular weight is 248 g/mol. The molecule has 18 heavy (non-hydrogen) atoms. The summed E-state index contributed by atoms with van der Waals surface area (Å²) in [6, 6.07) is 4.06. The first kappa shape index (κ1) is 12.2. The van der Waals surface area contributed by atoms with E-state index in [1.807, 2.05) is 6.07 Å². The molecule has 0 aromatic carbocycles. The van der Waals surface area contributed by atoms with Crippen molar-refractivity contribution in [1.29, 1.82) is 0 Å². The molecule has 3 rings (SSSR count). The number of hydrogen-bond acceptors (Lipinski definition) is 3. The minimum atomic E-state index is 0.512. The van der Waals surface area contributed by atoms with Crippen LogP contribution < -0.4 is 0 Å². The quantitative estimate of drug-likeness (QED) is 0.802. The number of rotatable bonds is 2. The molecule has 3 nitrogen and oxygen atoms in total. The Bertz CT molecular complexity index is 366. The topological polar surface area (TPSA) is 19.6 Å². The second kappa shape index (κ2) is 5.06. The molecule has 1 aromatic heterocycles. The summed E-state index contributed by atoms with van der Waals surface area (Å²) in [5.74, 6) is 1.10. The average Bonchev–Trinajstić information content (AvgIpc) is 2.89. The van der Waals surface area contributed by atoms with Crippen molar-refractivity contribution in [2.24, 2.45) is 0 Å². The van der Waals surface area contributed by atoms with Gasteiger partial charge in [-0.3, -0.25) is 4.90 Å². The van der Waals surface area contributed by atoms with E-state index in [4.69, 9.17) is 4.42 Å². The van der Waals surface area contributed by atoms with Crippen molar-refractivity contribution in [3.63, 3.8) is 0 Å². The van der Waals surface area contributed by atoms with Crippen molar-refractivity contribution in [1.82, 2.24) is 9.80 Å². The summed E-state index contributed by atoms with van der Waals surface area (Å²) in [5, 5.41) is 0. The molecule has 3 heteroatoms. The molecule has 100 valence electrons. The molecule has 0 radical (unpaired) electrons. The zero-order chi connectivity index (χ0) is 12.4. The number of furan rings is 1. The van der Waals surface area contributed by atoms with Crippen molar-refractivity contribution in [2.45, 2.75) is 44.2 Å². The van der Waals surface area contributed by atoms with E-state index in [0.717, 1.165) is 12.3 Å². The van der Waals surface area contributed by atoms with Crippen molar-refractivity contribution in [3.8, 4) is 0 Å². The Morgan fingerprint density at radius 1 is 1.17 bits per heavy atom. The van der Waals surface area contributed by atoms with Gasteiger partial charge < -0.3 is 9.32 Å². The monoisotopic (exact) mass is 248 g/mol. The molecular formula is C15H24N2O. The van der Waals surface area contributed by atoms with Crippen LogP contribution >= 0.6 is 0 Å². The van der Waals surface area contributed by atoms with Gasteiger partial charge in [-0.05, 0) is 51.4 Å². The standard InChI is InChI=1S/C15H24N2O/c1-16-9-3-2-6-15(16)7-10-17(11-8-15)13-14-5-4-12-18-14/h4-5,12H,2-3,6-11,13H2,1H3. The normalized spacial score (nSPS) is 25.6. The van der Waals surface area contributed by atoms with Crippen molar-refractivity contribution < 1.29 is 4.42 Å². The van der Waals surface area contributed by atoms with Gasteiger partial charge in [-0.15, -0.1) is 0 Å². The lowest BCUT2D eigenvalue weighted by molar-refractivity contribution is 0.00671. The van der Waals surface area contributed by atoms with Crippen LogP contribution in [0.5, 0.6) is 0 Å².